The van der Waals surface area contributed by atoms with Crippen LogP contribution in [0.1, 0.15) is 36.0 Å². The molecule has 8 heteroatoms. The second-order valence-electron chi connectivity index (χ2n) is 9.30. The van der Waals surface area contributed by atoms with Crippen molar-refractivity contribution in [2.24, 2.45) is 0 Å². The molecule has 6 rings (SSSR count). The molecule has 1 fully saturated rings. The van der Waals surface area contributed by atoms with E-state index in [-0.39, 0.29) is 17.7 Å². The van der Waals surface area contributed by atoms with Gasteiger partial charge >= 0.3 is 0 Å². The fraction of sp³-hybridized carbons (Fsp3) is 0.241. The molecule has 0 aliphatic carbocycles. The summed E-state index contributed by atoms with van der Waals surface area (Å²) in [6, 6.07) is 23.0. The summed E-state index contributed by atoms with van der Waals surface area (Å²) in [6.07, 6.45) is 1.57. The third-order valence-electron chi connectivity index (χ3n) is 6.67. The summed E-state index contributed by atoms with van der Waals surface area (Å²) in [7, 11) is 0. The van der Waals surface area contributed by atoms with Gasteiger partial charge in [0.2, 0.25) is 0 Å². The summed E-state index contributed by atoms with van der Waals surface area (Å²) in [5.74, 6) is 0. The van der Waals surface area contributed by atoms with E-state index in [2.05, 4.69) is 75.6 Å². The van der Waals surface area contributed by atoms with E-state index in [0.29, 0.717) is 25.4 Å². The first-order valence-electron chi connectivity index (χ1n) is 12.4. The molecule has 2 aromatic heterocycles. The maximum Gasteiger partial charge on any atom is 0.271 e. The van der Waals surface area contributed by atoms with Gasteiger partial charge in [0.05, 0.1) is 18.3 Å². The van der Waals surface area contributed by atoms with Gasteiger partial charge in [-0.3, -0.25) is 9.78 Å². The number of aromatic nitrogens is 2. The van der Waals surface area contributed by atoms with E-state index >= 15 is 0 Å². The van der Waals surface area contributed by atoms with Crippen LogP contribution in [0.2, 0.25) is 0 Å². The average molecular weight is 529 g/mol. The van der Waals surface area contributed by atoms with E-state index in [1.54, 1.807) is 29.7 Å². The largest absolute Gasteiger partial charge is 0.377 e. The number of fused-ring (bicyclic) bond motifs is 2. The Labute approximate surface area is 224 Å². The molecule has 0 radical (unpaired) electrons. The zero-order chi connectivity index (χ0) is 25.4. The molecule has 6 nitrogen and oxygen atoms in total. The number of H-pyrrole nitrogens is 1. The minimum absolute atomic E-state index is 0.0611. The van der Waals surface area contributed by atoms with Crippen LogP contribution < -0.4 is 15.8 Å². The number of morpholine rings is 1. The highest BCUT2D eigenvalue weighted by Crippen LogP contribution is 2.52. The molecule has 4 heterocycles. The number of pyridine rings is 2. The number of ether oxygens (including phenoxy) is 1. The molecular weight excluding hydrogens is 500 g/mol. The van der Waals surface area contributed by atoms with Crippen molar-refractivity contribution in [3.8, 4) is 0 Å². The molecular formula is C29H28N4O2S2. The van der Waals surface area contributed by atoms with Crippen LogP contribution in [0, 0.1) is 6.92 Å². The van der Waals surface area contributed by atoms with Crippen LogP contribution in [0.3, 0.4) is 0 Å². The molecule has 2 atom stereocenters. The van der Waals surface area contributed by atoms with Crippen molar-refractivity contribution < 1.29 is 4.74 Å². The highest BCUT2D eigenvalue weighted by molar-refractivity contribution is 8.05. The predicted octanol–water partition coefficient (Wildman–Crippen LogP) is 6.45. The monoisotopic (exact) mass is 528 g/mol. The standard InChI is InChI=1S/C29H28N4O2S2/c1-18-6-3-8-22(31-18)19(2)32-20-11-12-25-27(16-20)36-26-10-4-7-21(28(26)37-25)24-17-33(14-15-35-24)23-9-5-13-30-29(23)34/h3-13,16,19,24,32H,14-15,17H2,1-2H3,(H,30,34). The van der Waals surface area contributed by atoms with Crippen LogP contribution in [-0.4, -0.2) is 29.7 Å². The van der Waals surface area contributed by atoms with E-state index in [1.165, 1.54) is 25.1 Å². The lowest BCUT2D eigenvalue weighted by Gasteiger charge is -2.35. The third kappa shape index (κ3) is 5.01. The lowest BCUT2D eigenvalue weighted by Crippen LogP contribution is -2.41. The Morgan fingerprint density at radius 2 is 1.95 bits per heavy atom. The third-order valence-corrected chi connectivity index (χ3v) is 9.28. The summed E-state index contributed by atoms with van der Waals surface area (Å²) in [5.41, 5.74) is 4.96. The minimum atomic E-state index is -0.0958. The number of rotatable bonds is 5. The van der Waals surface area contributed by atoms with E-state index in [9.17, 15) is 4.79 Å². The van der Waals surface area contributed by atoms with Crippen LogP contribution >= 0.6 is 23.5 Å². The lowest BCUT2D eigenvalue weighted by molar-refractivity contribution is 0.0378. The quantitative estimate of drug-likeness (QED) is 0.272. The Morgan fingerprint density at radius 1 is 1.05 bits per heavy atom. The molecule has 0 amide bonds. The molecule has 0 spiro atoms. The lowest BCUT2D eigenvalue weighted by atomic mass is 10.1. The maximum atomic E-state index is 12.4. The molecule has 0 bridgehead atoms. The Balaban J connectivity index is 1.22. The molecule has 37 heavy (non-hydrogen) atoms. The van der Waals surface area contributed by atoms with Crippen LogP contribution in [0.5, 0.6) is 0 Å². The SMILES string of the molecule is Cc1cccc(C(C)Nc2ccc3c(c2)Sc2cccc(C4CN(c5ccc[nH]c5=O)CCO4)c2S3)n1. The molecule has 2 N–H and O–H groups in total. The Hall–Kier alpha value is -3.20. The molecule has 2 aromatic carbocycles. The molecule has 0 saturated carbocycles. The van der Waals surface area contributed by atoms with Gasteiger partial charge in [0.1, 0.15) is 11.8 Å². The van der Waals surface area contributed by atoms with Gasteiger partial charge in [0.15, 0.2) is 0 Å². The van der Waals surface area contributed by atoms with Crippen molar-refractivity contribution in [3.63, 3.8) is 0 Å². The molecule has 188 valence electrons. The Kier molecular flexibility index (Phi) is 6.71. The zero-order valence-corrected chi connectivity index (χ0v) is 22.4. The zero-order valence-electron chi connectivity index (χ0n) is 20.7. The number of aromatic amines is 1. The number of hydrogen-bond acceptors (Lipinski definition) is 7. The Bertz CT molecular complexity index is 1510. The molecule has 2 unspecified atom stereocenters. The van der Waals surface area contributed by atoms with Crippen molar-refractivity contribution in [1.82, 2.24) is 9.97 Å². The van der Waals surface area contributed by atoms with Gasteiger partial charge in [0, 0.05) is 50.2 Å². The molecule has 2 aliphatic heterocycles. The number of nitrogens with zero attached hydrogens (tertiary/aromatic N) is 2. The van der Waals surface area contributed by atoms with Crippen LogP contribution in [0.15, 0.2) is 97.3 Å². The highest BCUT2D eigenvalue weighted by Gasteiger charge is 2.29. The summed E-state index contributed by atoms with van der Waals surface area (Å²) in [4.78, 5) is 26.9. The van der Waals surface area contributed by atoms with Crippen molar-refractivity contribution in [2.75, 3.05) is 29.9 Å². The van der Waals surface area contributed by atoms with Gasteiger partial charge in [-0.25, -0.2) is 0 Å². The highest BCUT2D eigenvalue weighted by atomic mass is 32.2. The Morgan fingerprint density at radius 3 is 2.81 bits per heavy atom. The normalized spacial score (nSPS) is 17.6. The first-order valence-corrected chi connectivity index (χ1v) is 14.1. The first kappa shape index (κ1) is 24.2. The molecule has 2 aliphatic rings. The van der Waals surface area contributed by atoms with Crippen molar-refractivity contribution in [3.05, 3.63) is 100 Å². The average Bonchev–Trinajstić information content (AvgIpc) is 2.92. The first-order chi connectivity index (χ1) is 18.0. The van der Waals surface area contributed by atoms with Gasteiger partial charge < -0.3 is 19.9 Å². The smallest absolute Gasteiger partial charge is 0.271 e. The number of benzene rings is 2. The minimum Gasteiger partial charge on any atom is -0.377 e. The maximum absolute atomic E-state index is 12.4. The predicted molar refractivity (Wildman–Crippen MR) is 150 cm³/mol. The summed E-state index contributed by atoms with van der Waals surface area (Å²) in [5, 5.41) is 3.61. The fourth-order valence-electron chi connectivity index (χ4n) is 4.81. The van der Waals surface area contributed by atoms with Crippen LogP contribution in [-0.2, 0) is 4.74 Å². The van der Waals surface area contributed by atoms with Crippen LogP contribution in [0.4, 0.5) is 11.4 Å². The van der Waals surface area contributed by atoms with E-state index in [4.69, 9.17) is 4.74 Å². The van der Waals surface area contributed by atoms with Gasteiger partial charge in [-0.1, -0.05) is 41.7 Å². The summed E-state index contributed by atoms with van der Waals surface area (Å²) < 4.78 is 6.23. The van der Waals surface area contributed by atoms with Gasteiger partial charge in [-0.15, -0.1) is 0 Å². The van der Waals surface area contributed by atoms with Gasteiger partial charge in [0.25, 0.3) is 5.56 Å². The second kappa shape index (κ2) is 10.3. The van der Waals surface area contributed by atoms with Crippen LogP contribution in [0.25, 0.3) is 0 Å². The van der Waals surface area contributed by atoms with Gasteiger partial charge in [-0.05, 0) is 67.9 Å². The number of nitrogens with one attached hydrogen (secondary N) is 2. The number of hydrogen-bond donors (Lipinski definition) is 2. The fourth-order valence-corrected chi connectivity index (χ4v) is 7.26. The van der Waals surface area contributed by atoms with Crippen molar-refractivity contribution in [1.29, 1.82) is 0 Å². The van der Waals surface area contributed by atoms with Crippen molar-refractivity contribution in [2.45, 2.75) is 45.6 Å². The molecule has 1 saturated heterocycles. The van der Waals surface area contributed by atoms with E-state index < -0.39 is 0 Å². The van der Waals surface area contributed by atoms with E-state index in [0.717, 1.165) is 17.1 Å². The number of aryl methyl sites for hydroxylation is 1. The van der Waals surface area contributed by atoms with E-state index in [1.807, 2.05) is 25.1 Å². The van der Waals surface area contributed by atoms with Crippen molar-refractivity contribution >= 4 is 34.9 Å². The van der Waals surface area contributed by atoms with Gasteiger partial charge in [-0.2, -0.15) is 0 Å². The topological polar surface area (TPSA) is 70.2 Å². The second-order valence-corrected chi connectivity index (χ2v) is 11.4. The summed E-state index contributed by atoms with van der Waals surface area (Å²) in [6.45, 7) is 6.10. The molecule has 4 aromatic rings. The number of anilines is 2. The summed E-state index contributed by atoms with van der Waals surface area (Å²) >= 11 is 3.60.